The van der Waals surface area contributed by atoms with Crippen molar-refractivity contribution >= 4 is 22.6 Å². The van der Waals surface area contributed by atoms with Crippen LogP contribution in [0.3, 0.4) is 0 Å². The van der Waals surface area contributed by atoms with Crippen LogP contribution >= 0.6 is 0 Å². The summed E-state index contributed by atoms with van der Waals surface area (Å²) in [7, 11) is 0. The van der Waals surface area contributed by atoms with Crippen LogP contribution in [0.15, 0.2) is 200 Å². The van der Waals surface area contributed by atoms with E-state index in [1.165, 1.54) is 55.6 Å². The third-order valence-corrected chi connectivity index (χ3v) is 9.33. The molecule has 0 N–H and O–H groups in total. The lowest BCUT2D eigenvalue weighted by Crippen LogP contribution is -2.10. The van der Waals surface area contributed by atoms with Gasteiger partial charge in [0.2, 0.25) is 0 Å². The maximum atomic E-state index is 2.35. The highest BCUT2D eigenvalue weighted by Gasteiger charge is 2.16. The molecule has 234 valence electrons. The average Bonchev–Trinajstić information content (AvgIpc) is 3.20. The quantitative estimate of drug-likeness (QED) is 0.162. The fraction of sp³-hybridized carbons (Fsp3) is 0.0417. The molecule has 8 rings (SSSR count). The van der Waals surface area contributed by atoms with E-state index in [0.29, 0.717) is 0 Å². The van der Waals surface area contributed by atoms with Gasteiger partial charge in [0.25, 0.3) is 0 Å². The summed E-state index contributed by atoms with van der Waals surface area (Å²) in [6.07, 6.45) is 9.07. The van der Waals surface area contributed by atoms with Crippen molar-refractivity contribution in [3.63, 3.8) is 0 Å². The SMILES string of the molecule is C1=CC(c2ccc(N(c3ccc(-c4ccccc4)cc3)c3ccc(-c4cc(-c5ccccc5)ccc4-c4ccccc4)cc3)cc2)=CCC1. The molecule has 0 heterocycles. The minimum Gasteiger partial charge on any atom is -0.311 e. The lowest BCUT2D eigenvalue weighted by atomic mass is 9.91. The number of nitrogens with zero attached hydrogens (tertiary/aromatic N) is 1. The minimum atomic E-state index is 1.10. The van der Waals surface area contributed by atoms with Gasteiger partial charge in [-0.05, 0) is 111 Å². The summed E-state index contributed by atoms with van der Waals surface area (Å²) >= 11 is 0. The Morgan fingerprint density at radius 1 is 0.327 bits per heavy atom. The molecule has 1 aliphatic carbocycles. The maximum absolute atomic E-state index is 2.35. The van der Waals surface area contributed by atoms with Crippen LogP contribution in [0, 0.1) is 0 Å². The molecule has 0 radical (unpaired) electrons. The van der Waals surface area contributed by atoms with Gasteiger partial charge in [-0.1, -0.05) is 158 Å². The van der Waals surface area contributed by atoms with Crippen molar-refractivity contribution < 1.29 is 0 Å². The van der Waals surface area contributed by atoms with E-state index in [2.05, 4.69) is 205 Å². The molecule has 49 heavy (non-hydrogen) atoms. The van der Waals surface area contributed by atoms with Crippen LogP contribution in [0.4, 0.5) is 17.1 Å². The highest BCUT2D eigenvalue weighted by atomic mass is 15.1. The van der Waals surface area contributed by atoms with Gasteiger partial charge < -0.3 is 4.90 Å². The first-order valence-corrected chi connectivity index (χ1v) is 17.1. The molecule has 7 aromatic rings. The van der Waals surface area contributed by atoms with Crippen LogP contribution < -0.4 is 4.90 Å². The normalized spacial score (nSPS) is 12.4. The molecule has 0 amide bonds. The van der Waals surface area contributed by atoms with Crippen LogP contribution in [-0.2, 0) is 0 Å². The van der Waals surface area contributed by atoms with Crippen molar-refractivity contribution in [2.24, 2.45) is 0 Å². The number of anilines is 3. The van der Waals surface area contributed by atoms with E-state index in [0.717, 1.165) is 29.9 Å². The zero-order valence-electron chi connectivity index (χ0n) is 27.4. The second kappa shape index (κ2) is 13.9. The summed E-state index contributed by atoms with van der Waals surface area (Å²) < 4.78 is 0. The molecule has 7 aromatic carbocycles. The summed E-state index contributed by atoms with van der Waals surface area (Å²) in [5.74, 6) is 0. The fourth-order valence-electron chi connectivity index (χ4n) is 6.76. The molecule has 0 saturated heterocycles. The monoisotopic (exact) mass is 627 g/mol. The Labute approximate surface area is 289 Å². The van der Waals surface area contributed by atoms with Gasteiger partial charge in [0.05, 0.1) is 0 Å². The number of rotatable bonds is 8. The van der Waals surface area contributed by atoms with Crippen molar-refractivity contribution in [2.75, 3.05) is 4.90 Å². The van der Waals surface area contributed by atoms with Gasteiger partial charge >= 0.3 is 0 Å². The molecule has 0 spiro atoms. The van der Waals surface area contributed by atoms with Crippen LogP contribution in [0.5, 0.6) is 0 Å². The Kier molecular flexibility index (Phi) is 8.56. The number of hydrogen-bond acceptors (Lipinski definition) is 1. The van der Waals surface area contributed by atoms with Crippen molar-refractivity contribution in [3.8, 4) is 44.5 Å². The molecule has 0 bridgehead atoms. The van der Waals surface area contributed by atoms with Crippen LogP contribution in [0.25, 0.3) is 50.1 Å². The largest absolute Gasteiger partial charge is 0.311 e. The molecule has 0 aliphatic heterocycles. The first-order valence-electron chi connectivity index (χ1n) is 17.1. The topological polar surface area (TPSA) is 3.24 Å². The molecule has 0 aromatic heterocycles. The maximum Gasteiger partial charge on any atom is 0.0462 e. The van der Waals surface area contributed by atoms with E-state index in [-0.39, 0.29) is 0 Å². The smallest absolute Gasteiger partial charge is 0.0462 e. The van der Waals surface area contributed by atoms with E-state index in [1.54, 1.807) is 0 Å². The fourth-order valence-corrected chi connectivity index (χ4v) is 6.76. The Hall–Kier alpha value is -6.18. The van der Waals surface area contributed by atoms with E-state index in [4.69, 9.17) is 0 Å². The van der Waals surface area contributed by atoms with Crippen molar-refractivity contribution in [2.45, 2.75) is 12.8 Å². The lowest BCUT2D eigenvalue weighted by molar-refractivity contribution is 1.04. The van der Waals surface area contributed by atoms with E-state index in [1.807, 2.05) is 0 Å². The van der Waals surface area contributed by atoms with E-state index >= 15 is 0 Å². The third kappa shape index (κ3) is 6.52. The molecule has 0 atom stereocenters. The van der Waals surface area contributed by atoms with Gasteiger partial charge in [0.1, 0.15) is 0 Å². The highest BCUT2D eigenvalue weighted by molar-refractivity contribution is 5.88. The molecule has 0 saturated carbocycles. The molecule has 1 heteroatoms. The summed E-state index contributed by atoms with van der Waals surface area (Å²) in [6, 6.07) is 65.6. The number of benzene rings is 7. The van der Waals surface area contributed by atoms with E-state index < -0.39 is 0 Å². The third-order valence-electron chi connectivity index (χ3n) is 9.33. The van der Waals surface area contributed by atoms with Gasteiger partial charge in [-0.2, -0.15) is 0 Å². The van der Waals surface area contributed by atoms with Crippen LogP contribution in [0.1, 0.15) is 18.4 Å². The van der Waals surface area contributed by atoms with E-state index in [9.17, 15) is 0 Å². The highest BCUT2D eigenvalue weighted by Crippen LogP contribution is 2.40. The Morgan fingerprint density at radius 2 is 0.755 bits per heavy atom. The second-order valence-electron chi connectivity index (χ2n) is 12.5. The van der Waals surface area contributed by atoms with Crippen molar-refractivity contribution in [3.05, 3.63) is 206 Å². The summed E-state index contributed by atoms with van der Waals surface area (Å²) in [6.45, 7) is 0. The molecule has 1 aliphatic rings. The summed E-state index contributed by atoms with van der Waals surface area (Å²) in [5.41, 5.74) is 15.6. The first kappa shape index (κ1) is 30.2. The average molecular weight is 628 g/mol. The summed E-state index contributed by atoms with van der Waals surface area (Å²) in [5, 5.41) is 0. The van der Waals surface area contributed by atoms with Gasteiger partial charge in [0, 0.05) is 17.1 Å². The zero-order valence-corrected chi connectivity index (χ0v) is 27.4. The predicted molar refractivity (Wildman–Crippen MR) is 209 cm³/mol. The second-order valence-corrected chi connectivity index (χ2v) is 12.5. The van der Waals surface area contributed by atoms with Gasteiger partial charge in [-0.15, -0.1) is 0 Å². The molecular formula is C48H37N. The molecule has 0 unspecified atom stereocenters. The van der Waals surface area contributed by atoms with Crippen LogP contribution in [-0.4, -0.2) is 0 Å². The number of allylic oxidation sites excluding steroid dienone is 4. The Bertz CT molecular complexity index is 2210. The number of hydrogen-bond donors (Lipinski definition) is 0. The van der Waals surface area contributed by atoms with Crippen LogP contribution in [0.2, 0.25) is 0 Å². The van der Waals surface area contributed by atoms with Gasteiger partial charge in [-0.25, -0.2) is 0 Å². The standard InChI is InChI=1S/C48H37N/c1-5-13-36(14-6-1)39-21-28-44(29-22-39)49(45-30-23-40(24-31-45)37-15-7-2-8-16-37)46-32-25-42(26-33-46)48-35-43(38-17-9-3-10-18-38)27-34-47(48)41-19-11-4-12-20-41/h1,3-7,9-35H,2,8H2. The first-order chi connectivity index (χ1) is 24.3. The van der Waals surface area contributed by atoms with Crippen molar-refractivity contribution in [1.82, 2.24) is 0 Å². The van der Waals surface area contributed by atoms with Gasteiger partial charge in [0.15, 0.2) is 0 Å². The predicted octanol–water partition coefficient (Wildman–Crippen LogP) is 13.6. The zero-order chi connectivity index (χ0) is 32.8. The van der Waals surface area contributed by atoms with Gasteiger partial charge in [-0.3, -0.25) is 0 Å². The minimum absolute atomic E-state index is 1.10. The Balaban J connectivity index is 1.20. The summed E-state index contributed by atoms with van der Waals surface area (Å²) in [4.78, 5) is 2.35. The molecule has 0 fully saturated rings. The Morgan fingerprint density at radius 3 is 1.29 bits per heavy atom. The molecule has 1 nitrogen and oxygen atoms in total. The molecular weight excluding hydrogens is 591 g/mol. The lowest BCUT2D eigenvalue weighted by Gasteiger charge is -2.26. The van der Waals surface area contributed by atoms with Crippen molar-refractivity contribution in [1.29, 1.82) is 0 Å².